The summed E-state index contributed by atoms with van der Waals surface area (Å²) in [5.74, 6) is 1.15. The van der Waals surface area contributed by atoms with Crippen molar-refractivity contribution < 1.29 is 14.3 Å². The number of aromatic nitrogens is 2. The van der Waals surface area contributed by atoms with Crippen LogP contribution in [0.3, 0.4) is 0 Å². The second-order valence-corrected chi connectivity index (χ2v) is 7.58. The molecule has 6 nitrogen and oxygen atoms in total. The van der Waals surface area contributed by atoms with E-state index < -0.39 is 0 Å². The monoisotopic (exact) mass is 413 g/mol. The van der Waals surface area contributed by atoms with Crippen LogP contribution in [0.4, 0.5) is 5.69 Å². The summed E-state index contributed by atoms with van der Waals surface area (Å²) in [6, 6.07) is 22.8. The number of amides is 1. The predicted molar refractivity (Wildman–Crippen MR) is 120 cm³/mol. The highest BCUT2D eigenvalue weighted by molar-refractivity contribution is 6.06. The van der Waals surface area contributed by atoms with Crippen LogP contribution in [0.25, 0.3) is 22.4 Å². The van der Waals surface area contributed by atoms with E-state index in [4.69, 9.17) is 9.47 Å². The van der Waals surface area contributed by atoms with Crippen LogP contribution in [0.15, 0.2) is 72.8 Å². The van der Waals surface area contributed by atoms with Gasteiger partial charge in [-0.1, -0.05) is 24.3 Å². The number of imidazole rings is 1. The Bertz CT molecular complexity index is 1160. The third-order valence-corrected chi connectivity index (χ3v) is 5.39. The predicted octanol–water partition coefficient (Wildman–Crippen LogP) is 5.04. The van der Waals surface area contributed by atoms with E-state index in [-0.39, 0.29) is 12.0 Å². The quantitative estimate of drug-likeness (QED) is 0.464. The summed E-state index contributed by atoms with van der Waals surface area (Å²) in [5, 5.41) is 2.95. The van der Waals surface area contributed by atoms with Crippen molar-refractivity contribution in [3.05, 3.63) is 78.4 Å². The molecule has 6 heteroatoms. The number of aromatic amines is 1. The molecule has 0 radical (unpaired) electrons. The molecule has 1 amide bonds. The summed E-state index contributed by atoms with van der Waals surface area (Å²) in [6.45, 7) is 1.23. The summed E-state index contributed by atoms with van der Waals surface area (Å²) in [7, 11) is 0. The van der Waals surface area contributed by atoms with Crippen molar-refractivity contribution in [2.24, 2.45) is 0 Å². The van der Waals surface area contributed by atoms with Crippen LogP contribution < -0.4 is 10.1 Å². The Morgan fingerprint density at radius 2 is 1.87 bits per heavy atom. The van der Waals surface area contributed by atoms with E-state index >= 15 is 0 Å². The first-order valence-corrected chi connectivity index (χ1v) is 10.5. The zero-order valence-electron chi connectivity index (χ0n) is 17.0. The number of benzene rings is 3. The SMILES string of the molecule is O=C(Nc1ccc(-c2nc3ccccc3[nH]2)cc1)c1ccccc1OCC1CCCO1. The molecule has 3 aromatic carbocycles. The van der Waals surface area contributed by atoms with Gasteiger partial charge in [0.15, 0.2) is 0 Å². The van der Waals surface area contributed by atoms with Crippen LogP contribution >= 0.6 is 0 Å². The second kappa shape index (κ2) is 8.62. The number of para-hydroxylation sites is 3. The van der Waals surface area contributed by atoms with Crippen molar-refractivity contribution in [2.45, 2.75) is 18.9 Å². The number of ether oxygens (including phenoxy) is 2. The number of carbonyl (C=O) groups excluding carboxylic acids is 1. The van der Waals surface area contributed by atoms with E-state index in [2.05, 4.69) is 15.3 Å². The smallest absolute Gasteiger partial charge is 0.259 e. The van der Waals surface area contributed by atoms with Gasteiger partial charge in [0.25, 0.3) is 5.91 Å². The van der Waals surface area contributed by atoms with Crippen molar-refractivity contribution in [1.82, 2.24) is 9.97 Å². The van der Waals surface area contributed by atoms with Crippen molar-refractivity contribution in [2.75, 3.05) is 18.5 Å². The number of nitrogens with one attached hydrogen (secondary N) is 2. The van der Waals surface area contributed by atoms with Gasteiger partial charge in [-0.2, -0.15) is 0 Å². The maximum Gasteiger partial charge on any atom is 0.259 e. The number of H-pyrrole nitrogens is 1. The van der Waals surface area contributed by atoms with Gasteiger partial charge in [-0.3, -0.25) is 4.79 Å². The van der Waals surface area contributed by atoms with Crippen LogP contribution in [0.5, 0.6) is 5.75 Å². The first-order chi connectivity index (χ1) is 15.3. The number of nitrogens with zero attached hydrogens (tertiary/aromatic N) is 1. The molecule has 1 fully saturated rings. The summed E-state index contributed by atoms with van der Waals surface area (Å²) < 4.78 is 11.5. The third kappa shape index (κ3) is 4.29. The lowest BCUT2D eigenvalue weighted by Crippen LogP contribution is -2.19. The van der Waals surface area contributed by atoms with Gasteiger partial charge >= 0.3 is 0 Å². The maximum atomic E-state index is 12.9. The van der Waals surface area contributed by atoms with Gasteiger partial charge in [0, 0.05) is 17.9 Å². The molecule has 156 valence electrons. The largest absolute Gasteiger partial charge is 0.490 e. The molecule has 1 aliphatic heterocycles. The average Bonchev–Trinajstić information content (AvgIpc) is 3.48. The fraction of sp³-hybridized carbons (Fsp3) is 0.200. The van der Waals surface area contributed by atoms with E-state index in [0.29, 0.717) is 23.6 Å². The molecular formula is C25H23N3O3. The molecule has 1 saturated heterocycles. The summed E-state index contributed by atoms with van der Waals surface area (Å²) in [4.78, 5) is 20.8. The molecule has 5 rings (SSSR count). The van der Waals surface area contributed by atoms with E-state index in [0.717, 1.165) is 41.9 Å². The minimum Gasteiger partial charge on any atom is -0.490 e. The van der Waals surface area contributed by atoms with Crippen molar-refractivity contribution in [1.29, 1.82) is 0 Å². The van der Waals surface area contributed by atoms with Crippen LogP contribution in [0.1, 0.15) is 23.2 Å². The Morgan fingerprint density at radius 3 is 2.68 bits per heavy atom. The number of carbonyl (C=O) groups is 1. The van der Waals surface area contributed by atoms with Crippen LogP contribution in [-0.4, -0.2) is 35.2 Å². The van der Waals surface area contributed by atoms with E-state index in [1.807, 2.05) is 66.7 Å². The van der Waals surface area contributed by atoms with Gasteiger partial charge < -0.3 is 19.8 Å². The summed E-state index contributed by atoms with van der Waals surface area (Å²) in [6.07, 6.45) is 2.15. The number of rotatable bonds is 6. The van der Waals surface area contributed by atoms with Crippen LogP contribution in [0, 0.1) is 0 Å². The lowest BCUT2D eigenvalue weighted by molar-refractivity contribution is 0.0673. The van der Waals surface area contributed by atoms with Gasteiger partial charge in [-0.15, -0.1) is 0 Å². The number of anilines is 1. The first kappa shape index (κ1) is 19.3. The number of hydrogen-bond acceptors (Lipinski definition) is 4. The highest BCUT2D eigenvalue weighted by Crippen LogP contribution is 2.24. The Kier molecular flexibility index (Phi) is 5.37. The van der Waals surface area contributed by atoms with Crippen LogP contribution in [0.2, 0.25) is 0 Å². The van der Waals surface area contributed by atoms with Gasteiger partial charge in [-0.25, -0.2) is 4.98 Å². The second-order valence-electron chi connectivity index (χ2n) is 7.58. The highest BCUT2D eigenvalue weighted by atomic mass is 16.5. The molecule has 1 atom stereocenters. The molecule has 1 aromatic heterocycles. The van der Waals surface area contributed by atoms with E-state index in [1.54, 1.807) is 6.07 Å². The first-order valence-electron chi connectivity index (χ1n) is 10.5. The van der Waals surface area contributed by atoms with Crippen molar-refractivity contribution in [3.63, 3.8) is 0 Å². The number of fused-ring (bicyclic) bond motifs is 1. The molecule has 2 heterocycles. The Balaban J connectivity index is 1.28. The zero-order valence-corrected chi connectivity index (χ0v) is 17.0. The van der Waals surface area contributed by atoms with Gasteiger partial charge in [-0.05, 0) is 61.4 Å². The fourth-order valence-electron chi connectivity index (χ4n) is 3.74. The van der Waals surface area contributed by atoms with Gasteiger partial charge in [0.2, 0.25) is 0 Å². The molecule has 2 N–H and O–H groups in total. The topological polar surface area (TPSA) is 76.2 Å². The summed E-state index contributed by atoms with van der Waals surface area (Å²) in [5.41, 5.74) is 4.08. The maximum absolute atomic E-state index is 12.9. The van der Waals surface area contributed by atoms with Gasteiger partial charge in [0.05, 0.1) is 22.7 Å². The Hall–Kier alpha value is -3.64. The minimum absolute atomic E-state index is 0.0990. The minimum atomic E-state index is -0.209. The lowest BCUT2D eigenvalue weighted by atomic mass is 10.1. The van der Waals surface area contributed by atoms with Crippen LogP contribution in [-0.2, 0) is 4.74 Å². The molecule has 0 bridgehead atoms. The highest BCUT2D eigenvalue weighted by Gasteiger charge is 2.18. The average molecular weight is 413 g/mol. The molecule has 1 aliphatic rings. The fourth-order valence-corrected chi connectivity index (χ4v) is 3.74. The molecule has 4 aromatic rings. The molecular weight excluding hydrogens is 390 g/mol. The molecule has 0 aliphatic carbocycles. The van der Waals surface area contributed by atoms with Gasteiger partial charge in [0.1, 0.15) is 18.2 Å². The standard InChI is InChI=1S/C25H23N3O3/c29-25(20-7-1-4-10-23(20)31-16-19-6-5-15-30-19)26-18-13-11-17(12-14-18)24-27-21-8-2-3-9-22(21)28-24/h1-4,7-14,19H,5-6,15-16H2,(H,26,29)(H,27,28). The lowest BCUT2D eigenvalue weighted by Gasteiger charge is -2.14. The zero-order chi connectivity index (χ0) is 21.0. The third-order valence-electron chi connectivity index (χ3n) is 5.39. The van der Waals surface area contributed by atoms with E-state index in [9.17, 15) is 4.79 Å². The van der Waals surface area contributed by atoms with Crippen molar-refractivity contribution in [3.8, 4) is 17.1 Å². The molecule has 0 spiro atoms. The molecule has 1 unspecified atom stereocenters. The number of hydrogen-bond donors (Lipinski definition) is 2. The molecule has 31 heavy (non-hydrogen) atoms. The Morgan fingerprint density at radius 1 is 1.06 bits per heavy atom. The molecule has 0 saturated carbocycles. The van der Waals surface area contributed by atoms with Crippen molar-refractivity contribution >= 4 is 22.6 Å². The summed E-state index contributed by atoms with van der Waals surface area (Å²) >= 11 is 0. The Labute approximate surface area is 180 Å². The normalized spacial score (nSPS) is 15.8. The van der Waals surface area contributed by atoms with E-state index in [1.165, 1.54) is 0 Å².